The van der Waals surface area contributed by atoms with E-state index in [0.29, 0.717) is 5.69 Å². The summed E-state index contributed by atoms with van der Waals surface area (Å²) in [5.41, 5.74) is 0.429. The predicted molar refractivity (Wildman–Crippen MR) is 82.2 cm³/mol. The van der Waals surface area contributed by atoms with E-state index in [1.54, 1.807) is 11.3 Å². The molecule has 2 amide bonds. The number of thiophene rings is 1. The van der Waals surface area contributed by atoms with Crippen LogP contribution < -0.4 is 10.6 Å². The maximum atomic E-state index is 11.8. The molecule has 0 fully saturated rings. The highest BCUT2D eigenvalue weighted by Gasteiger charge is 2.12. The van der Waals surface area contributed by atoms with Gasteiger partial charge >= 0.3 is 6.03 Å². The number of pyridine rings is 1. The third kappa shape index (κ3) is 4.27. The van der Waals surface area contributed by atoms with Gasteiger partial charge in [-0.15, -0.1) is 11.3 Å². The Morgan fingerprint density at radius 2 is 2.10 bits per heavy atom. The highest BCUT2D eigenvalue weighted by molar-refractivity contribution is 7.90. The number of rotatable bonds is 4. The standard InChI is InChI=1S/C13H15N3O3S2/c1-9(11-4-3-7-20-11)15-13(17)16-10-5-6-12(14-8-10)21(2,18)19/h3-9H,1-2H3,(H2,15,16,17)/t9-/m0/s1. The first-order valence-corrected chi connectivity index (χ1v) is 8.90. The van der Waals surface area contributed by atoms with Gasteiger partial charge in [0.05, 0.1) is 17.9 Å². The molecule has 0 spiro atoms. The number of anilines is 1. The lowest BCUT2D eigenvalue weighted by atomic mass is 10.3. The molecule has 6 nitrogen and oxygen atoms in total. The number of nitrogens with zero attached hydrogens (tertiary/aromatic N) is 1. The molecule has 2 N–H and O–H groups in total. The van der Waals surface area contributed by atoms with E-state index < -0.39 is 9.84 Å². The van der Waals surface area contributed by atoms with Gasteiger partial charge in [-0.1, -0.05) is 6.07 Å². The van der Waals surface area contributed by atoms with Gasteiger partial charge in [0, 0.05) is 11.1 Å². The summed E-state index contributed by atoms with van der Waals surface area (Å²) >= 11 is 1.56. The molecule has 2 aromatic heterocycles. The SMILES string of the molecule is C[C@H](NC(=O)Nc1ccc(S(C)(=O)=O)nc1)c1cccs1. The van der Waals surface area contributed by atoms with Crippen molar-refractivity contribution in [3.63, 3.8) is 0 Å². The van der Waals surface area contributed by atoms with Crippen molar-refractivity contribution in [2.75, 3.05) is 11.6 Å². The zero-order valence-electron chi connectivity index (χ0n) is 11.5. The average molecular weight is 325 g/mol. The first-order valence-electron chi connectivity index (χ1n) is 6.13. The molecule has 0 radical (unpaired) electrons. The first-order chi connectivity index (χ1) is 9.86. The number of carbonyl (C=O) groups excluding carboxylic acids is 1. The molecule has 0 aliphatic rings. The third-order valence-corrected chi connectivity index (χ3v) is 4.75. The van der Waals surface area contributed by atoms with Gasteiger partial charge in [-0.2, -0.15) is 0 Å². The van der Waals surface area contributed by atoms with Crippen LogP contribution in [0.15, 0.2) is 40.9 Å². The van der Waals surface area contributed by atoms with Gasteiger partial charge in [-0.05, 0) is 30.5 Å². The van der Waals surface area contributed by atoms with Crippen molar-refractivity contribution in [3.05, 3.63) is 40.7 Å². The van der Waals surface area contributed by atoms with E-state index in [2.05, 4.69) is 15.6 Å². The first kappa shape index (κ1) is 15.5. The normalized spacial score (nSPS) is 12.7. The van der Waals surface area contributed by atoms with Crippen LogP contribution in [0.4, 0.5) is 10.5 Å². The third-order valence-electron chi connectivity index (χ3n) is 2.69. The monoisotopic (exact) mass is 325 g/mol. The van der Waals surface area contributed by atoms with Crippen molar-refractivity contribution in [2.45, 2.75) is 18.0 Å². The summed E-state index contributed by atoms with van der Waals surface area (Å²) in [5.74, 6) is 0. The summed E-state index contributed by atoms with van der Waals surface area (Å²) in [7, 11) is -3.33. The van der Waals surface area contributed by atoms with Crippen molar-refractivity contribution < 1.29 is 13.2 Å². The molecule has 2 heterocycles. The fourth-order valence-corrected chi connectivity index (χ4v) is 2.94. The number of hydrogen-bond acceptors (Lipinski definition) is 5. The molecule has 0 bridgehead atoms. The van der Waals surface area contributed by atoms with E-state index in [-0.39, 0.29) is 17.1 Å². The Morgan fingerprint density at radius 3 is 2.62 bits per heavy atom. The van der Waals surface area contributed by atoms with Gasteiger partial charge in [0.2, 0.25) is 0 Å². The van der Waals surface area contributed by atoms with Gasteiger partial charge < -0.3 is 10.6 Å². The van der Waals surface area contributed by atoms with Gasteiger partial charge in [0.15, 0.2) is 14.9 Å². The maximum absolute atomic E-state index is 11.8. The van der Waals surface area contributed by atoms with Crippen LogP contribution in [0.3, 0.4) is 0 Å². The minimum atomic E-state index is -3.33. The topological polar surface area (TPSA) is 88.2 Å². The molecule has 0 saturated heterocycles. The summed E-state index contributed by atoms with van der Waals surface area (Å²) in [4.78, 5) is 16.7. The van der Waals surface area contributed by atoms with Crippen LogP contribution in [0.5, 0.6) is 0 Å². The van der Waals surface area contributed by atoms with Crippen molar-refractivity contribution in [3.8, 4) is 0 Å². The van der Waals surface area contributed by atoms with E-state index in [1.807, 2.05) is 24.4 Å². The maximum Gasteiger partial charge on any atom is 0.319 e. The molecule has 0 aliphatic heterocycles. The molecule has 0 unspecified atom stereocenters. The minimum Gasteiger partial charge on any atom is -0.331 e. The molecular formula is C13H15N3O3S2. The lowest BCUT2D eigenvalue weighted by Crippen LogP contribution is -2.30. The van der Waals surface area contributed by atoms with E-state index in [4.69, 9.17) is 0 Å². The predicted octanol–water partition coefficient (Wildman–Crippen LogP) is 2.43. The molecule has 21 heavy (non-hydrogen) atoms. The number of urea groups is 1. The molecule has 8 heteroatoms. The van der Waals surface area contributed by atoms with Gasteiger partial charge in [-0.25, -0.2) is 18.2 Å². The van der Waals surface area contributed by atoms with Crippen LogP contribution in [-0.4, -0.2) is 25.7 Å². The Bertz CT molecular complexity index is 710. The Hall–Kier alpha value is -1.93. The summed E-state index contributed by atoms with van der Waals surface area (Å²) in [6.07, 6.45) is 2.39. The second kappa shape index (κ2) is 6.23. The fraction of sp³-hybridized carbons (Fsp3) is 0.231. The van der Waals surface area contributed by atoms with Crippen LogP contribution in [0, 0.1) is 0 Å². The molecule has 0 saturated carbocycles. The van der Waals surface area contributed by atoms with E-state index >= 15 is 0 Å². The van der Waals surface area contributed by atoms with Crippen molar-refractivity contribution in [2.24, 2.45) is 0 Å². The number of carbonyl (C=O) groups is 1. The number of amides is 2. The van der Waals surface area contributed by atoms with Crippen LogP contribution in [0.2, 0.25) is 0 Å². The smallest absolute Gasteiger partial charge is 0.319 e. The summed E-state index contributed by atoms with van der Waals surface area (Å²) in [5, 5.41) is 7.32. The van der Waals surface area contributed by atoms with E-state index in [9.17, 15) is 13.2 Å². The molecule has 0 aliphatic carbocycles. The van der Waals surface area contributed by atoms with Crippen molar-refractivity contribution in [1.82, 2.24) is 10.3 Å². The number of nitrogens with one attached hydrogen (secondary N) is 2. The zero-order chi connectivity index (χ0) is 15.5. The van der Waals surface area contributed by atoms with Gasteiger partial charge in [0.25, 0.3) is 0 Å². The summed E-state index contributed by atoms with van der Waals surface area (Å²) < 4.78 is 22.6. The highest BCUT2D eigenvalue weighted by Crippen LogP contribution is 2.18. The lowest BCUT2D eigenvalue weighted by Gasteiger charge is -2.13. The van der Waals surface area contributed by atoms with Gasteiger partial charge in [-0.3, -0.25) is 0 Å². The second-order valence-corrected chi connectivity index (χ2v) is 7.43. The zero-order valence-corrected chi connectivity index (χ0v) is 13.2. The van der Waals surface area contributed by atoms with Crippen LogP contribution >= 0.6 is 11.3 Å². The average Bonchev–Trinajstić information content (AvgIpc) is 2.92. The van der Waals surface area contributed by atoms with Crippen LogP contribution in [0.25, 0.3) is 0 Å². The molecular weight excluding hydrogens is 310 g/mol. The lowest BCUT2D eigenvalue weighted by molar-refractivity contribution is 0.249. The number of hydrogen-bond donors (Lipinski definition) is 2. The number of aromatic nitrogens is 1. The second-order valence-electron chi connectivity index (χ2n) is 4.49. The molecule has 1 atom stereocenters. The molecule has 112 valence electrons. The Morgan fingerprint density at radius 1 is 1.33 bits per heavy atom. The number of sulfone groups is 1. The fourth-order valence-electron chi connectivity index (χ4n) is 1.65. The van der Waals surface area contributed by atoms with Crippen LogP contribution in [-0.2, 0) is 9.84 Å². The van der Waals surface area contributed by atoms with Crippen molar-refractivity contribution >= 4 is 32.9 Å². The molecule has 2 aromatic rings. The summed E-state index contributed by atoms with van der Waals surface area (Å²) in [6, 6.07) is 6.24. The van der Waals surface area contributed by atoms with Crippen molar-refractivity contribution in [1.29, 1.82) is 0 Å². The van der Waals surface area contributed by atoms with Gasteiger partial charge in [0.1, 0.15) is 0 Å². The van der Waals surface area contributed by atoms with E-state index in [1.165, 1.54) is 18.3 Å². The highest BCUT2D eigenvalue weighted by atomic mass is 32.2. The van der Waals surface area contributed by atoms with E-state index in [0.717, 1.165) is 11.1 Å². The minimum absolute atomic E-state index is 0.0274. The quantitative estimate of drug-likeness (QED) is 0.903. The Balaban J connectivity index is 1.97. The Kier molecular flexibility index (Phi) is 4.59. The Labute approximate surface area is 127 Å². The molecule has 0 aromatic carbocycles. The van der Waals surface area contributed by atoms with Crippen LogP contribution in [0.1, 0.15) is 17.8 Å². The summed E-state index contributed by atoms with van der Waals surface area (Å²) in [6.45, 7) is 1.89. The molecule has 2 rings (SSSR count). The largest absolute Gasteiger partial charge is 0.331 e.